The molecule has 0 radical (unpaired) electrons. The molecule has 3 fully saturated rings. The van der Waals surface area contributed by atoms with Gasteiger partial charge in [-0.2, -0.15) is 4.98 Å². The van der Waals surface area contributed by atoms with Crippen molar-refractivity contribution in [1.82, 2.24) is 14.9 Å². The number of halogens is 1. The lowest BCUT2D eigenvalue weighted by Gasteiger charge is -2.55. The van der Waals surface area contributed by atoms with Crippen molar-refractivity contribution < 1.29 is 8.81 Å². The number of aromatic nitrogens is 2. The first-order valence-corrected chi connectivity index (χ1v) is 8.22. The zero-order valence-corrected chi connectivity index (χ0v) is 13.1. The van der Waals surface area contributed by atoms with Gasteiger partial charge in [-0.15, -0.1) is 0 Å². The van der Waals surface area contributed by atoms with Crippen molar-refractivity contribution in [3.8, 4) is 0 Å². The van der Waals surface area contributed by atoms with Crippen molar-refractivity contribution in [3.63, 3.8) is 0 Å². The van der Waals surface area contributed by atoms with E-state index in [0.717, 1.165) is 19.6 Å². The molecule has 2 aromatic heterocycles. The summed E-state index contributed by atoms with van der Waals surface area (Å²) in [6.45, 7) is 2.93. The molecule has 0 N–H and O–H groups in total. The maximum absolute atomic E-state index is 13.3. The minimum atomic E-state index is -0.283. The fraction of sp³-hybridized carbons (Fsp3) is 0.333. The molecule has 2 unspecified atom stereocenters. The number of piperidine rings is 1. The van der Waals surface area contributed by atoms with Crippen molar-refractivity contribution in [2.75, 3.05) is 18.0 Å². The van der Waals surface area contributed by atoms with Gasteiger partial charge in [-0.3, -0.25) is 9.88 Å². The predicted molar refractivity (Wildman–Crippen MR) is 88.2 cm³/mol. The predicted octanol–water partition coefficient (Wildman–Crippen LogP) is 2.83. The van der Waals surface area contributed by atoms with Crippen LogP contribution in [0.25, 0.3) is 11.1 Å². The Labute approximate surface area is 138 Å². The number of benzene rings is 1. The highest BCUT2D eigenvalue weighted by Gasteiger charge is 2.46. The van der Waals surface area contributed by atoms with Crippen LogP contribution in [0.1, 0.15) is 12.0 Å². The Kier molecular flexibility index (Phi) is 3.06. The van der Waals surface area contributed by atoms with Gasteiger partial charge in [-0.25, -0.2) is 4.39 Å². The Balaban J connectivity index is 1.33. The summed E-state index contributed by atoms with van der Waals surface area (Å²) in [5.41, 5.74) is 2.52. The Morgan fingerprint density at radius 3 is 2.71 bits per heavy atom. The van der Waals surface area contributed by atoms with Gasteiger partial charge in [0.2, 0.25) is 0 Å². The van der Waals surface area contributed by atoms with Crippen LogP contribution in [0.2, 0.25) is 0 Å². The molecule has 3 aromatic rings. The summed E-state index contributed by atoms with van der Waals surface area (Å²) in [5.74, 6) is -0.283. The monoisotopic (exact) mass is 324 g/mol. The van der Waals surface area contributed by atoms with E-state index >= 15 is 0 Å². The SMILES string of the molecule is Fc1ccc2oc(N3C4CC3CN(Cc3ccncc3)C4)nc2c1. The molecule has 0 spiro atoms. The number of fused-ring (bicyclic) bond motifs is 3. The second kappa shape index (κ2) is 5.27. The Hall–Kier alpha value is -2.47. The largest absolute Gasteiger partial charge is 0.423 e. The normalized spacial score (nSPS) is 23.5. The minimum Gasteiger partial charge on any atom is -0.423 e. The molecule has 0 aliphatic carbocycles. The molecule has 3 saturated heterocycles. The van der Waals surface area contributed by atoms with Gasteiger partial charge in [0.1, 0.15) is 11.3 Å². The van der Waals surface area contributed by atoms with Gasteiger partial charge < -0.3 is 9.32 Å². The molecule has 24 heavy (non-hydrogen) atoms. The zero-order chi connectivity index (χ0) is 16.1. The second-order valence-corrected chi connectivity index (χ2v) is 6.61. The average Bonchev–Trinajstić information content (AvgIpc) is 2.97. The molecule has 5 nitrogen and oxygen atoms in total. The van der Waals surface area contributed by atoms with Crippen LogP contribution in [0.3, 0.4) is 0 Å². The molecule has 5 heterocycles. The first kappa shape index (κ1) is 13.9. The molecule has 0 amide bonds. The molecule has 122 valence electrons. The molecule has 6 heteroatoms. The maximum atomic E-state index is 13.3. The summed E-state index contributed by atoms with van der Waals surface area (Å²) in [4.78, 5) is 13.3. The highest BCUT2D eigenvalue weighted by atomic mass is 19.1. The van der Waals surface area contributed by atoms with E-state index in [0.29, 0.717) is 29.2 Å². The van der Waals surface area contributed by atoms with Crippen molar-refractivity contribution in [2.45, 2.75) is 25.0 Å². The molecular formula is C18H17FN4O. The van der Waals surface area contributed by atoms with E-state index in [1.54, 1.807) is 6.07 Å². The van der Waals surface area contributed by atoms with Crippen LogP contribution in [-0.4, -0.2) is 40.0 Å². The summed E-state index contributed by atoms with van der Waals surface area (Å²) < 4.78 is 19.2. The number of rotatable bonds is 3. The van der Waals surface area contributed by atoms with E-state index in [1.807, 2.05) is 12.4 Å². The summed E-state index contributed by atoms with van der Waals surface area (Å²) >= 11 is 0. The van der Waals surface area contributed by atoms with Gasteiger partial charge in [0.15, 0.2) is 5.58 Å². The number of hydrogen-bond donors (Lipinski definition) is 0. The highest BCUT2D eigenvalue weighted by molar-refractivity contribution is 5.74. The van der Waals surface area contributed by atoms with Crippen molar-refractivity contribution in [2.24, 2.45) is 0 Å². The Morgan fingerprint density at radius 2 is 1.92 bits per heavy atom. The quantitative estimate of drug-likeness (QED) is 0.741. The molecule has 3 aliphatic rings. The van der Waals surface area contributed by atoms with Crippen LogP contribution in [0.4, 0.5) is 10.4 Å². The van der Waals surface area contributed by atoms with Crippen molar-refractivity contribution >= 4 is 17.1 Å². The number of oxazole rings is 1. The molecule has 0 saturated carbocycles. The summed E-state index contributed by atoms with van der Waals surface area (Å²) in [7, 11) is 0. The molecule has 2 bridgehead atoms. The van der Waals surface area contributed by atoms with Gasteiger partial charge in [0.05, 0.1) is 0 Å². The topological polar surface area (TPSA) is 45.4 Å². The van der Waals surface area contributed by atoms with Crippen LogP contribution in [-0.2, 0) is 6.54 Å². The Bertz CT molecular complexity index is 869. The van der Waals surface area contributed by atoms with Gasteiger partial charge in [0.25, 0.3) is 6.01 Å². The van der Waals surface area contributed by atoms with E-state index in [9.17, 15) is 4.39 Å². The fourth-order valence-electron chi connectivity index (χ4n) is 3.88. The standard InChI is InChI=1S/C18H17FN4O/c19-13-1-2-17-16(7-13)21-18(24-17)23-14-8-15(23)11-22(10-14)9-12-3-5-20-6-4-12/h1-7,14-15H,8-11H2. The Morgan fingerprint density at radius 1 is 1.12 bits per heavy atom. The summed E-state index contributed by atoms with van der Waals surface area (Å²) in [6, 6.07) is 10.1. The van der Waals surface area contributed by atoms with Gasteiger partial charge in [0, 0.05) is 50.2 Å². The fourth-order valence-corrected chi connectivity index (χ4v) is 3.88. The van der Waals surface area contributed by atoms with Crippen molar-refractivity contribution in [3.05, 3.63) is 54.1 Å². The zero-order valence-electron chi connectivity index (χ0n) is 13.1. The van der Waals surface area contributed by atoms with Crippen LogP contribution >= 0.6 is 0 Å². The molecule has 1 aromatic carbocycles. The number of piperazine rings is 1. The third-order valence-corrected chi connectivity index (χ3v) is 4.98. The van der Waals surface area contributed by atoms with Crippen LogP contribution < -0.4 is 4.90 Å². The number of anilines is 1. The molecular weight excluding hydrogens is 307 g/mol. The lowest BCUT2D eigenvalue weighted by atomic mass is 9.88. The van der Waals surface area contributed by atoms with Gasteiger partial charge in [-0.05, 0) is 36.2 Å². The average molecular weight is 324 g/mol. The van der Waals surface area contributed by atoms with Crippen LogP contribution in [0, 0.1) is 5.82 Å². The maximum Gasteiger partial charge on any atom is 0.298 e. The third kappa shape index (κ3) is 2.26. The van der Waals surface area contributed by atoms with E-state index in [2.05, 4.69) is 31.9 Å². The van der Waals surface area contributed by atoms with Gasteiger partial charge in [-0.1, -0.05) is 0 Å². The lowest BCUT2D eigenvalue weighted by Crippen LogP contribution is -2.68. The van der Waals surface area contributed by atoms with Crippen LogP contribution in [0.15, 0.2) is 47.1 Å². The van der Waals surface area contributed by atoms with E-state index in [-0.39, 0.29) is 5.82 Å². The smallest absolute Gasteiger partial charge is 0.298 e. The molecule has 3 aliphatic heterocycles. The summed E-state index contributed by atoms with van der Waals surface area (Å²) in [6.07, 6.45) is 4.84. The number of pyridine rings is 1. The first-order chi connectivity index (χ1) is 11.8. The summed E-state index contributed by atoms with van der Waals surface area (Å²) in [5, 5.41) is 0. The van der Waals surface area contributed by atoms with E-state index < -0.39 is 0 Å². The van der Waals surface area contributed by atoms with Crippen molar-refractivity contribution in [1.29, 1.82) is 0 Å². The number of hydrogen-bond acceptors (Lipinski definition) is 5. The van der Waals surface area contributed by atoms with Gasteiger partial charge >= 0.3 is 0 Å². The minimum absolute atomic E-state index is 0.283. The molecule has 6 rings (SSSR count). The van der Waals surface area contributed by atoms with Crippen LogP contribution in [0.5, 0.6) is 0 Å². The second-order valence-electron chi connectivity index (χ2n) is 6.61. The third-order valence-electron chi connectivity index (χ3n) is 4.98. The molecule has 2 atom stereocenters. The van der Waals surface area contributed by atoms with E-state index in [1.165, 1.54) is 24.1 Å². The van der Waals surface area contributed by atoms with E-state index in [4.69, 9.17) is 4.42 Å². The first-order valence-electron chi connectivity index (χ1n) is 8.22. The number of nitrogens with zero attached hydrogens (tertiary/aromatic N) is 4. The lowest BCUT2D eigenvalue weighted by molar-refractivity contribution is 0.103. The highest BCUT2D eigenvalue weighted by Crippen LogP contribution is 2.38.